The van der Waals surface area contributed by atoms with E-state index in [0.29, 0.717) is 5.02 Å². The van der Waals surface area contributed by atoms with E-state index in [4.69, 9.17) is 11.6 Å². The predicted molar refractivity (Wildman–Crippen MR) is 92.6 cm³/mol. The fraction of sp³-hybridized carbons (Fsp3) is 0.316. The first-order valence-corrected chi connectivity index (χ1v) is 8.44. The number of fused-ring (bicyclic) bond motifs is 1. The molecule has 0 spiro atoms. The van der Waals surface area contributed by atoms with Gasteiger partial charge in [-0.1, -0.05) is 47.5 Å². The van der Waals surface area contributed by atoms with Crippen molar-refractivity contribution >= 4 is 23.2 Å². The van der Waals surface area contributed by atoms with Gasteiger partial charge in [-0.25, -0.2) is 0 Å². The van der Waals surface area contributed by atoms with Crippen LogP contribution >= 0.6 is 11.6 Å². The summed E-state index contributed by atoms with van der Waals surface area (Å²) >= 11 is 6.16. The Morgan fingerprint density at radius 1 is 1.13 bits per heavy atom. The summed E-state index contributed by atoms with van der Waals surface area (Å²) < 4.78 is 0. The fourth-order valence-corrected chi connectivity index (χ4v) is 4.03. The van der Waals surface area contributed by atoms with Gasteiger partial charge in [0, 0.05) is 17.3 Å². The number of aryl methyl sites for hydroxylation is 1. The molecule has 118 valence electrons. The van der Waals surface area contributed by atoms with Crippen molar-refractivity contribution in [3.63, 3.8) is 0 Å². The van der Waals surface area contributed by atoms with E-state index < -0.39 is 0 Å². The maximum atomic E-state index is 13.0. The first-order chi connectivity index (χ1) is 11.1. The Morgan fingerprint density at radius 3 is 2.74 bits per heavy atom. The van der Waals surface area contributed by atoms with Crippen molar-refractivity contribution in [1.29, 1.82) is 0 Å². The zero-order valence-electron chi connectivity index (χ0n) is 13.1. The number of nitrogens with zero attached hydrogens (tertiary/aromatic N) is 2. The van der Waals surface area contributed by atoms with Crippen LogP contribution in [0.15, 0.2) is 48.5 Å². The molecular weight excluding hydrogens is 308 g/mol. The standard InChI is InChI=1S/C19H19ClN2O/c1-13-5-2-6-14(11-13)18-21-10-4-9-17(21)19(23)22(18)16-8-3-7-15(20)12-16/h2-3,5-8,11-12,17-18H,4,9-10H2,1H3. The lowest BCUT2D eigenvalue weighted by Crippen LogP contribution is -2.32. The molecule has 2 aromatic carbocycles. The van der Waals surface area contributed by atoms with E-state index in [1.54, 1.807) is 0 Å². The Hall–Kier alpha value is -1.84. The van der Waals surface area contributed by atoms with E-state index in [1.807, 2.05) is 29.2 Å². The predicted octanol–water partition coefficient (Wildman–Crippen LogP) is 4.16. The highest BCUT2D eigenvalue weighted by Crippen LogP contribution is 2.42. The minimum atomic E-state index is -0.0339. The summed E-state index contributed by atoms with van der Waals surface area (Å²) in [6.45, 7) is 3.05. The molecule has 2 unspecified atom stereocenters. The molecule has 2 fully saturated rings. The van der Waals surface area contributed by atoms with Gasteiger partial charge in [-0.05, 0) is 43.5 Å². The maximum Gasteiger partial charge on any atom is 0.246 e. The number of halogens is 1. The van der Waals surface area contributed by atoms with Gasteiger partial charge in [-0.2, -0.15) is 0 Å². The average molecular weight is 327 g/mol. The average Bonchev–Trinajstić information content (AvgIpc) is 3.09. The van der Waals surface area contributed by atoms with E-state index in [9.17, 15) is 4.79 Å². The summed E-state index contributed by atoms with van der Waals surface area (Å²) in [7, 11) is 0. The number of benzene rings is 2. The van der Waals surface area contributed by atoms with Crippen LogP contribution in [0.25, 0.3) is 0 Å². The van der Waals surface area contributed by atoms with Crippen LogP contribution in [0.2, 0.25) is 5.02 Å². The van der Waals surface area contributed by atoms with Crippen LogP contribution in [0.5, 0.6) is 0 Å². The van der Waals surface area contributed by atoms with Crippen LogP contribution in [0.1, 0.15) is 30.1 Å². The van der Waals surface area contributed by atoms with E-state index in [0.717, 1.165) is 25.1 Å². The van der Waals surface area contributed by atoms with Crippen molar-refractivity contribution in [2.24, 2.45) is 0 Å². The third-order valence-electron chi connectivity index (χ3n) is 4.80. The zero-order chi connectivity index (χ0) is 16.0. The molecule has 2 saturated heterocycles. The molecule has 23 heavy (non-hydrogen) atoms. The highest BCUT2D eigenvalue weighted by Gasteiger charge is 2.49. The minimum absolute atomic E-state index is 0.000469. The molecule has 0 radical (unpaired) electrons. The van der Waals surface area contributed by atoms with Gasteiger partial charge in [0.25, 0.3) is 0 Å². The number of carbonyl (C=O) groups excluding carboxylic acids is 1. The molecule has 2 aliphatic rings. The highest BCUT2D eigenvalue weighted by atomic mass is 35.5. The van der Waals surface area contributed by atoms with Crippen LogP contribution in [-0.2, 0) is 4.79 Å². The van der Waals surface area contributed by atoms with Crippen molar-refractivity contribution in [3.8, 4) is 0 Å². The number of anilines is 1. The Bertz CT molecular complexity index is 761. The van der Waals surface area contributed by atoms with E-state index >= 15 is 0 Å². The lowest BCUT2D eigenvalue weighted by Gasteiger charge is -2.30. The van der Waals surface area contributed by atoms with Gasteiger partial charge in [-0.3, -0.25) is 14.6 Å². The largest absolute Gasteiger partial charge is 0.290 e. The molecule has 0 N–H and O–H groups in total. The topological polar surface area (TPSA) is 23.6 Å². The SMILES string of the molecule is Cc1cccc(C2N(c3cccc(Cl)c3)C(=O)C3CCCN32)c1. The molecule has 2 aliphatic heterocycles. The van der Waals surface area contributed by atoms with Gasteiger partial charge < -0.3 is 0 Å². The summed E-state index contributed by atoms with van der Waals surface area (Å²) in [6.07, 6.45) is 1.99. The van der Waals surface area contributed by atoms with Gasteiger partial charge in [0.05, 0.1) is 6.04 Å². The normalized spacial score (nSPS) is 24.3. The summed E-state index contributed by atoms with van der Waals surface area (Å²) in [5, 5.41) is 0.658. The first-order valence-electron chi connectivity index (χ1n) is 8.06. The van der Waals surface area contributed by atoms with Gasteiger partial charge in [0.15, 0.2) is 0 Å². The quantitative estimate of drug-likeness (QED) is 0.827. The lowest BCUT2D eigenvalue weighted by molar-refractivity contribution is -0.119. The van der Waals surface area contributed by atoms with Gasteiger partial charge >= 0.3 is 0 Å². The Morgan fingerprint density at radius 2 is 1.96 bits per heavy atom. The molecule has 0 aliphatic carbocycles. The lowest BCUT2D eigenvalue weighted by atomic mass is 10.1. The van der Waals surface area contributed by atoms with E-state index in [1.165, 1.54) is 11.1 Å². The van der Waals surface area contributed by atoms with Crippen molar-refractivity contribution in [3.05, 3.63) is 64.7 Å². The second-order valence-electron chi connectivity index (χ2n) is 6.37. The molecule has 4 heteroatoms. The van der Waals surface area contributed by atoms with Crippen LogP contribution in [-0.4, -0.2) is 23.4 Å². The van der Waals surface area contributed by atoms with Crippen molar-refractivity contribution in [2.75, 3.05) is 11.4 Å². The van der Waals surface area contributed by atoms with Crippen molar-refractivity contribution < 1.29 is 4.79 Å². The summed E-state index contributed by atoms with van der Waals surface area (Å²) in [6, 6.07) is 16.0. The van der Waals surface area contributed by atoms with Gasteiger partial charge in [0.2, 0.25) is 5.91 Å². The Labute approximate surface area is 141 Å². The molecule has 3 nitrogen and oxygen atoms in total. The highest BCUT2D eigenvalue weighted by molar-refractivity contribution is 6.31. The van der Waals surface area contributed by atoms with Gasteiger partial charge in [0.1, 0.15) is 6.17 Å². The second-order valence-corrected chi connectivity index (χ2v) is 6.81. The molecular formula is C19H19ClN2O. The fourth-order valence-electron chi connectivity index (χ4n) is 3.84. The Kier molecular flexibility index (Phi) is 3.63. The maximum absolute atomic E-state index is 13.0. The van der Waals surface area contributed by atoms with E-state index in [-0.39, 0.29) is 18.1 Å². The Balaban J connectivity index is 1.83. The molecule has 0 bridgehead atoms. The summed E-state index contributed by atoms with van der Waals surface area (Å²) in [5.41, 5.74) is 3.26. The molecule has 2 heterocycles. The molecule has 2 aromatic rings. The smallest absolute Gasteiger partial charge is 0.246 e. The van der Waals surface area contributed by atoms with E-state index in [2.05, 4.69) is 36.1 Å². The van der Waals surface area contributed by atoms with Crippen LogP contribution in [0.3, 0.4) is 0 Å². The minimum Gasteiger partial charge on any atom is -0.290 e. The monoisotopic (exact) mass is 326 g/mol. The number of rotatable bonds is 2. The number of hydrogen-bond donors (Lipinski definition) is 0. The van der Waals surface area contributed by atoms with Crippen molar-refractivity contribution in [1.82, 2.24) is 4.90 Å². The zero-order valence-corrected chi connectivity index (χ0v) is 13.8. The number of amides is 1. The molecule has 4 rings (SSSR count). The second kappa shape index (κ2) is 5.66. The molecule has 0 aromatic heterocycles. The first kappa shape index (κ1) is 14.7. The number of hydrogen-bond acceptors (Lipinski definition) is 2. The third kappa shape index (κ3) is 2.44. The molecule has 2 atom stereocenters. The van der Waals surface area contributed by atoms with Crippen LogP contribution in [0.4, 0.5) is 5.69 Å². The molecule has 0 saturated carbocycles. The van der Waals surface area contributed by atoms with Gasteiger partial charge in [-0.15, -0.1) is 0 Å². The van der Waals surface area contributed by atoms with Crippen molar-refractivity contribution in [2.45, 2.75) is 32.0 Å². The summed E-state index contributed by atoms with van der Waals surface area (Å²) in [4.78, 5) is 17.3. The van der Waals surface area contributed by atoms with Crippen LogP contribution < -0.4 is 4.90 Å². The third-order valence-corrected chi connectivity index (χ3v) is 5.04. The number of carbonyl (C=O) groups is 1. The molecule has 1 amide bonds. The summed E-state index contributed by atoms with van der Waals surface area (Å²) in [5.74, 6) is 0.191. The van der Waals surface area contributed by atoms with Crippen LogP contribution in [0, 0.1) is 6.92 Å².